The van der Waals surface area contributed by atoms with Crippen LogP contribution in [0.25, 0.3) is 0 Å². The zero-order valence-corrected chi connectivity index (χ0v) is 10.4. The predicted molar refractivity (Wildman–Crippen MR) is 65.0 cm³/mol. The first-order valence-electron chi connectivity index (χ1n) is 5.22. The third kappa shape index (κ3) is 2.52. The summed E-state index contributed by atoms with van der Waals surface area (Å²) in [6.07, 6.45) is 6.79. The molecule has 2 heteroatoms. The molecule has 1 aromatic carbocycles. The smallest absolute Gasteiger partial charge is 0.0420 e. The van der Waals surface area contributed by atoms with Crippen LogP contribution in [0.2, 0.25) is 5.02 Å². The summed E-state index contributed by atoms with van der Waals surface area (Å²) >= 11 is 9.53. The molecule has 0 N–H and O–H groups in total. The molecule has 0 nitrogen and oxygen atoms in total. The van der Waals surface area contributed by atoms with E-state index in [1.165, 1.54) is 37.7 Å². The predicted octanol–water partition coefficient (Wildman–Crippen LogP) is 5.15. The van der Waals surface area contributed by atoms with Crippen molar-refractivity contribution in [3.8, 4) is 0 Å². The van der Waals surface area contributed by atoms with Crippen LogP contribution in [0.1, 0.15) is 43.6 Å². The van der Waals surface area contributed by atoms with Gasteiger partial charge in [-0.1, -0.05) is 46.8 Å². The zero-order valence-electron chi connectivity index (χ0n) is 8.10. The third-order valence-electron chi connectivity index (χ3n) is 2.96. The molecule has 1 saturated carbocycles. The van der Waals surface area contributed by atoms with E-state index in [1.807, 2.05) is 6.07 Å². The van der Waals surface area contributed by atoms with E-state index in [0.717, 1.165) is 15.4 Å². The highest BCUT2D eigenvalue weighted by atomic mass is 79.9. The fourth-order valence-corrected chi connectivity index (χ4v) is 3.13. The summed E-state index contributed by atoms with van der Waals surface area (Å²) in [5, 5.41) is 0.847. The van der Waals surface area contributed by atoms with Gasteiger partial charge in [0.05, 0.1) is 0 Å². The molecular formula is C12H14BrCl. The molecule has 0 bridgehead atoms. The summed E-state index contributed by atoms with van der Waals surface area (Å²) in [5.41, 5.74) is 1.41. The molecule has 0 heterocycles. The van der Waals surface area contributed by atoms with E-state index in [0.29, 0.717) is 0 Å². The Morgan fingerprint density at radius 1 is 1.07 bits per heavy atom. The molecule has 0 radical (unpaired) electrons. The molecule has 1 fully saturated rings. The van der Waals surface area contributed by atoms with E-state index < -0.39 is 0 Å². The molecule has 76 valence electrons. The van der Waals surface area contributed by atoms with E-state index in [4.69, 9.17) is 11.6 Å². The van der Waals surface area contributed by atoms with E-state index in [2.05, 4.69) is 28.1 Å². The number of hydrogen-bond donors (Lipinski definition) is 0. The van der Waals surface area contributed by atoms with Crippen LogP contribution in [-0.2, 0) is 0 Å². The number of rotatable bonds is 1. The van der Waals surface area contributed by atoms with Crippen molar-refractivity contribution >= 4 is 27.5 Å². The van der Waals surface area contributed by atoms with Crippen LogP contribution in [0.15, 0.2) is 22.7 Å². The Kier molecular flexibility index (Phi) is 3.51. The first kappa shape index (κ1) is 10.5. The highest BCUT2D eigenvalue weighted by Crippen LogP contribution is 2.35. The molecule has 1 aliphatic rings. The Balaban J connectivity index is 2.21. The SMILES string of the molecule is Clc1cc(Br)cc(C2CCCCC2)c1. The molecule has 1 aliphatic carbocycles. The van der Waals surface area contributed by atoms with E-state index in [9.17, 15) is 0 Å². The zero-order chi connectivity index (χ0) is 9.97. The topological polar surface area (TPSA) is 0 Å². The molecule has 0 atom stereocenters. The first-order valence-corrected chi connectivity index (χ1v) is 6.39. The van der Waals surface area contributed by atoms with Gasteiger partial charge in [0.2, 0.25) is 0 Å². The van der Waals surface area contributed by atoms with Gasteiger partial charge in [0, 0.05) is 9.50 Å². The van der Waals surface area contributed by atoms with Crippen LogP contribution in [0, 0.1) is 0 Å². The summed E-state index contributed by atoms with van der Waals surface area (Å²) in [6.45, 7) is 0. The molecular weight excluding hydrogens is 259 g/mol. The van der Waals surface area contributed by atoms with Gasteiger partial charge in [-0.15, -0.1) is 0 Å². The summed E-state index contributed by atoms with van der Waals surface area (Å²) < 4.78 is 1.10. The lowest BCUT2D eigenvalue weighted by Crippen LogP contribution is -2.04. The highest BCUT2D eigenvalue weighted by Gasteiger charge is 2.15. The standard InChI is InChI=1S/C12H14BrCl/c13-11-6-10(7-12(14)8-11)9-4-2-1-3-5-9/h6-9H,1-5H2. The molecule has 0 aromatic heterocycles. The third-order valence-corrected chi connectivity index (χ3v) is 3.64. The number of benzene rings is 1. The van der Waals surface area contributed by atoms with Crippen LogP contribution < -0.4 is 0 Å². The Bertz CT molecular complexity index is 296. The van der Waals surface area contributed by atoms with Gasteiger partial charge in [0.25, 0.3) is 0 Å². The first-order chi connectivity index (χ1) is 6.75. The van der Waals surface area contributed by atoms with Crippen LogP contribution in [0.5, 0.6) is 0 Å². The quantitative estimate of drug-likeness (QED) is 0.664. The van der Waals surface area contributed by atoms with Gasteiger partial charge in [0.15, 0.2) is 0 Å². The highest BCUT2D eigenvalue weighted by molar-refractivity contribution is 9.10. The maximum atomic E-state index is 6.04. The summed E-state index contributed by atoms with van der Waals surface area (Å²) in [6, 6.07) is 6.28. The molecule has 2 rings (SSSR count). The van der Waals surface area contributed by atoms with Gasteiger partial charge in [-0.25, -0.2) is 0 Å². The molecule has 0 spiro atoms. The number of halogens is 2. The van der Waals surface area contributed by atoms with Crippen LogP contribution in [-0.4, -0.2) is 0 Å². The average molecular weight is 274 g/mol. The molecule has 0 unspecified atom stereocenters. The van der Waals surface area contributed by atoms with Gasteiger partial charge >= 0.3 is 0 Å². The van der Waals surface area contributed by atoms with Crippen molar-refractivity contribution in [2.45, 2.75) is 38.0 Å². The fraction of sp³-hybridized carbons (Fsp3) is 0.500. The average Bonchev–Trinajstić information content (AvgIpc) is 2.18. The Labute approximate surface area is 98.8 Å². The van der Waals surface area contributed by atoms with Crippen molar-refractivity contribution in [1.29, 1.82) is 0 Å². The van der Waals surface area contributed by atoms with E-state index in [1.54, 1.807) is 0 Å². The monoisotopic (exact) mass is 272 g/mol. The van der Waals surface area contributed by atoms with Crippen molar-refractivity contribution in [3.05, 3.63) is 33.3 Å². The fourth-order valence-electron chi connectivity index (χ4n) is 2.25. The maximum Gasteiger partial charge on any atom is 0.0420 e. The summed E-state index contributed by atoms with van der Waals surface area (Å²) in [5.74, 6) is 0.735. The largest absolute Gasteiger partial charge is 0.0843 e. The van der Waals surface area contributed by atoms with Crippen molar-refractivity contribution in [3.63, 3.8) is 0 Å². The van der Waals surface area contributed by atoms with Gasteiger partial charge in [-0.3, -0.25) is 0 Å². The Morgan fingerprint density at radius 2 is 1.79 bits per heavy atom. The Morgan fingerprint density at radius 3 is 2.43 bits per heavy atom. The van der Waals surface area contributed by atoms with Crippen molar-refractivity contribution in [2.75, 3.05) is 0 Å². The second-order valence-electron chi connectivity index (χ2n) is 4.04. The molecule has 1 aromatic rings. The van der Waals surface area contributed by atoms with E-state index in [-0.39, 0.29) is 0 Å². The van der Waals surface area contributed by atoms with Gasteiger partial charge in [-0.2, -0.15) is 0 Å². The Hall–Kier alpha value is -0.0100. The van der Waals surface area contributed by atoms with E-state index >= 15 is 0 Å². The summed E-state index contributed by atoms with van der Waals surface area (Å²) in [7, 11) is 0. The minimum atomic E-state index is 0.735. The van der Waals surface area contributed by atoms with Crippen molar-refractivity contribution in [1.82, 2.24) is 0 Å². The van der Waals surface area contributed by atoms with Gasteiger partial charge < -0.3 is 0 Å². The lowest BCUT2D eigenvalue weighted by molar-refractivity contribution is 0.443. The molecule has 14 heavy (non-hydrogen) atoms. The minimum Gasteiger partial charge on any atom is -0.0843 e. The van der Waals surface area contributed by atoms with Gasteiger partial charge in [0.1, 0.15) is 0 Å². The normalized spacial score (nSPS) is 18.4. The van der Waals surface area contributed by atoms with Crippen molar-refractivity contribution in [2.24, 2.45) is 0 Å². The second kappa shape index (κ2) is 4.67. The van der Waals surface area contributed by atoms with Crippen molar-refractivity contribution < 1.29 is 0 Å². The second-order valence-corrected chi connectivity index (χ2v) is 5.39. The van der Waals surface area contributed by atoms with Crippen LogP contribution in [0.3, 0.4) is 0 Å². The molecule has 0 amide bonds. The lowest BCUT2D eigenvalue weighted by Gasteiger charge is -2.22. The van der Waals surface area contributed by atoms with Gasteiger partial charge in [-0.05, 0) is 42.5 Å². The summed E-state index contributed by atoms with van der Waals surface area (Å²) in [4.78, 5) is 0. The maximum absolute atomic E-state index is 6.04. The molecule has 0 aliphatic heterocycles. The van der Waals surface area contributed by atoms with Crippen LogP contribution >= 0.6 is 27.5 Å². The number of hydrogen-bond acceptors (Lipinski definition) is 0. The minimum absolute atomic E-state index is 0.735. The van der Waals surface area contributed by atoms with Crippen LogP contribution in [0.4, 0.5) is 0 Å². The molecule has 0 saturated heterocycles. The lowest BCUT2D eigenvalue weighted by atomic mass is 9.84.